The van der Waals surface area contributed by atoms with Gasteiger partial charge in [0.05, 0.1) is 0 Å². The number of carboxylic acid groups (broad SMARTS) is 2. The van der Waals surface area contributed by atoms with E-state index in [4.69, 9.17) is 10.2 Å². The van der Waals surface area contributed by atoms with E-state index in [9.17, 15) is 9.59 Å². The molecule has 0 saturated heterocycles. The lowest BCUT2D eigenvalue weighted by atomic mass is 10.2. The second-order valence-corrected chi connectivity index (χ2v) is 1.40. The van der Waals surface area contributed by atoms with Crippen molar-refractivity contribution < 1.29 is 25.3 Å². The number of rotatable bonds is 2. The van der Waals surface area contributed by atoms with E-state index >= 15 is 0 Å². The van der Waals surface area contributed by atoms with Gasteiger partial charge in [0.25, 0.3) is 0 Å². The number of hydrogen-bond acceptors (Lipinski definition) is 2. The molecule has 0 aromatic carbocycles. The summed E-state index contributed by atoms with van der Waals surface area (Å²) in [4.78, 5) is 19.5. The minimum absolute atomic E-state index is 0. The maximum Gasteiger partial charge on any atom is 0.317 e. The molecule has 9 heavy (non-hydrogen) atoms. The van der Waals surface area contributed by atoms with E-state index in [0.29, 0.717) is 0 Å². The summed E-state index contributed by atoms with van der Waals surface area (Å²) in [6.07, 6.45) is 0. The van der Waals surface area contributed by atoms with Crippen LogP contribution in [-0.2, 0) is 9.59 Å². The molecule has 0 rings (SSSR count). The molecule has 0 amide bonds. The zero-order valence-corrected chi connectivity index (χ0v) is 4.79. The smallest absolute Gasteiger partial charge is 0.317 e. The number of aliphatic carboxylic acids is 2. The normalized spacial score (nSPS) is 8.22. The Morgan fingerprint density at radius 3 is 1.44 bits per heavy atom. The summed E-state index contributed by atoms with van der Waals surface area (Å²) in [5.74, 6) is -3.91. The highest BCUT2D eigenvalue weighted by Crippen LogP contribution is 1.91. The molecule has 0 aromatic rings. The molecule has 0 fully saturated rings. The first-order valence-corrected chi connectivity index (χ1v) is 2.01. The lowest BCUT2D eigenvalue weighted by Gasteiger charge is -1.94. The highest BCUT2D eigenvalue weighted by molar-refractivity contribution is 5.92. The summed E-state index contributed by atoms with van der Waals surface area (Å²) < 4.78 is 0. The van der Waals surface area contributed by atoms with E-state index in [-0.39, 0.29) is 5.48 Å². The van der Waals surface area contributed by atoms with Crippen molar-refractivity contribution in [2.75, 3.05) is 0 Å². The minimum atomic E-state index is -1.31. The van der Waals surface area contributed by atoms with Gasteiger partial charge in [0.1, 0.15) is 0 Å². The van der Waals surface area contributed by atoms with E-state index < -0.39 is 17.9 Å². The van der Waals surface area contributed by atoms with Crippen LogP contribution in [0.5, 0.6) is 0 Å². The molecule has 0 heterocycles. The van der Waals surface area contributed by atoms with E-state index in [0.717, 1.165) is 6.92 Å². The first kappa shape index (κ1) is 10.8. The zero-order valence-electron chi connectivity index (χ0n) is 4.79. The minimum Gasteiger partial charge on any atom is -0.481 e. The molecular formula is C4H8O5. The number of carboxylic acids is 2. The Balaban J connectivity index is 0. The summed E-state index contributed by atoms with van der Waals surface area (Å²) in [5.41, 5.74) is 0. The molecule has 0 aromatic heterocycles. The van der Waals surface area contributed by atoms with Crippen molar-refractivity contribution >= 4 is 11.9 Å². The molecule has 0 unspecified atom stereocenters. The molecule has 0 aliphatic heterocycles. The predicted molar refractivity (Wildman–Crippen MR) is 28.0 cm³/mol. The highest BCUT2D eigenvalue weighted by Gasteiger charge is 2.18. The summed E-state index contributed by atoms with van der Waals surface area (Å²) >= 11 is 0. The quantitative estimate of drug-likeness (QED) is 0.473. The van der Waals surface area contributed by atoms with Crippen molar-refractivity contribution in [2.45, 2.75) is 6.92 Å². The zero-order chi connectivity index (χ0) is 6.73. The topological polar surface area (TPSA) is 106 Å². The van der Waals surface area contributed by atoms with Gasteiger partial charge in [-0.3, -0.25) is 9.59 Å². The van der Waals surface area contributed by atoms with Gasteiger partial charge in [-0.15, -0.1) is 0 Å². The Morgan fingerprint density at radius 1 is 1.22 bits per heavy atom. The maximum absolute atomic E-state index is 9.76. The maximum atomic E-state index is 9.76. The molecule has 0 spiro atoms. The summed E-state index contributed by atoms with van der Waals surface area (Å²) in [5, 5.41) is 15.9. The Morgan fingerprint density at radius 2 is 1.44 bits per heavy atom. The molecule has 5 heteroatoms. The van der Waals surface area contributed by atoms with Crippen molar-refractivity contribution in [1.29, 1.82) is 0 Å². The van der Waals surface area contributed by atoms with Crippen LogP contribution in [0.3, 0.4) is 0 Å². The third kappa shape index (κ3) is 3.48. The predicted octanol–water partition coefficient (Wildman–Crippen LogP) is -1.03. The van der Waals surface area contributed by atoms with Crippen molar-refractivity contribution in [2.24, 2.45) is 5.92 Å². The highest BCUT2D eigenvalue weighted by atomic mass is 16.4. The van der Waals surface area contributed by atoms with Crippen LogP contribution >= 0.6 is 0 Å². The second-order valence-electron chi connectivity index (χ2n) is 1.40. The molecule has 0 aliphatic carbocycles. The summed E-state index contributed by atoms with van der Waals surface area (Å²) in [6, 6.07) is 0. The molecule has 5 nitrogen and oxygen atoms in total. The van der Waals surface area contributed by atoms with Gasteiger partial charge in [-0.25, -0.2) is 0 Å². The third-order valence-corrected chi connectivity index (χ3v) is 0.741. The first-order chi connectivity index (χ1) is 3.55. The van der Waals surface area contributed by atoms with Gasteiger partial charge in [-0.05, 0) is 6.92 Å². The summed E-state index contributed by atoms with van der Waals surface area (Å²) in [6.45, 7) is 1.12. The van der Waals surface area contributed by atoms with Crippen LogP contribution in [0.25, 0.3) is 0 Å². The molecule has 0 radical (unpaired) electrons. The van der Waals surface area contributed by atoms with Crippen LogP contribution in [0.15, 0.2) is 0 Å². The molecule has 0 atom stereocenters. The van der Waals surface area contributed by atoms with Gasteiger partial charge in [-0.1, -0.05) is 0 Å². The van der Waals surface area contributed by atoms with Crippen LogP contribution in [0.1, 0.15) is 6.92 Å². The fourth-order valence-corrected chi connectivity index (χ4v) is 0.106. The van der Waals surface area contributed by atoms with Crippen LogP contribution in [0.2, 0.25) is 0 Å². The first-order valence-electron chi connectivity index (χ1n) is 2.01. The monoisotopic (exact) mass is 136 g/mol. The standard InChI is InChI=1S/C4H6O4.H2O/c1-2(3(5)6)4(7)8;/h2H,1H3,(H,5,6)(H,7,8);1H2. The van der Waals surface area contributed by atoms with Crippen molar-refractivity contribution in [1.82, 2.24) is 0 Å². The molecule has 0 saturated carbocycles. The van der Waals surface area contributed by atoms with Crippen LogP contribution in [0, 0.1) is 5.92 Å². The van der Waals surface area contributed by atoms with E-state index in [1.807, 2.05) is 0 Å². The lowest BCUT2D eigenvalue weighted by Crippen LogP contribution is -2.19. The molecule has 4 N–H and O–H groups in total. The van der Waals surface area contributed by atoms with Gasteiger partial charge in [0.2, 0.25) is 0 Å². The van der Waals surface area contributed by atoms with Gasteiger partial charge in [0.15, 0.2) is 5.92 Å². The van der Waals surface area contributed by atoms with Gasteiger partial charge >= 0.3 is 11.9 Å². The molecule has 54 valence electrons. The Labute approximate surface area is 51.2 Å². The van der Waals surface area contributed by atoms with Crippen LogP contribution in [-0.4, -0.2) is 27.6 Å². The summed E-state index contributed by atoms with van der Waals surface area (Å²) in [7, 11) is 0. The third-order valence-electron chi connectivity index (χ3n) is 0.741. The average molecular weight is 136 g/mol. The van der Waals surface area contributed by atoms with E-state index in [1.54, 1.807) is 0 Å². The lowest BCUT2D eigenvalue weighted by molar-refractivity contribution is -0.153. The van der Waals surface area contributed by atoms with Gasteiger partial charge in [-0.2, -0.15) is 0 Å². The van der Waals surface area contributed by atoms with Crippen LogP contribution < -0.4 is 0 Å². The Hall–Kier alpha value is -1.10. The number of carbonyl (C=O) groups is 2. The Kier molecular flexibility index (Phi) is 4.62. The second kappa shape index (κ2) is 3.85. The van der Waals surface area contributed by atoms with E-state index in [2.05, 4.69) is 0 Å². The van der Waals surface area contributed by atoms with Gasteiger partial charge in [0, 0.05) is 0 Å². The fraction of sp³-hybridized carbons (Fsp3) is 0.500. The van der Waals surface area contributed by atoms with Crippen molar-refractivity contribution in [3.63, 3.8) is 0 Å². The SMILES string of the molecule is CC(C(=O)O)C(=O)O.O. The van der Waals surface area contributed by atoms with Gasteiger partial charge < -0.3 is 15.7 Å². The van der Waals surface area contributed by atoms with Crippen molar-refractivity contribution in [3.8, 4) is 0 Å². The Bertz CT molecular complexity index is 104. The molecule has 0 aliphatic rings. The largest absolute Gasteiger partial charge is 0.481 e. The van der Waals surface area contributed by atoms with E-state index in [1.165, 1.54) is 0 Å². The molecular weight excluding hydrogens is 128 g/mol. The average Bonchev–Trinajstić information content (AvgIpc) is 1.64. The van der Waals surface area contributed by atoms with Crippen molar-refractivity contribution in [3.05, 3.63) is 0 Å². The number of hydrogen-bond donors (Lipinski definition) is 2. The fourth-order valence-electron chi connectivity index (χ4n) is 0.106. The molecule has 0 bridgehead atoms. The van der Waals surface area contributed by atoms with Crippen LogP contribution in [0.4, 0.5) is 0 Å².